The van der Waals surface area contributed by atoms with Crippen molar-refractivity contribution < 1.29 is 4.79 Å². The van der Waals surface area contributed by atoms with Crippen LogP contribution in [0, 0.1) is 0 Å². The molecule has 1 heterocycles. The number of amides is 1. The normalized spacial score (nSPS) is 10.7. The lowest BCUT2D eigenvalue weighted by Crippen LogP contribution is -2.28. The van der Waals surface area contributed by atoms with E-state index in [9.17, 15) is 4.79 Å². The highest BCUT2D eigenvalue weighted by molar-refractivity contribution is 7.13. The van der Waals surface area contributed by atoms with Gasteiger partial charge in [0.15, 0.2) is 0 Å². The van der Waals surface area contributed by atoms with Crippen molar-refractivity contribution in [2.24, 2.45) is 0 Å². The second kappa shape index (κ2) is 7.90. The van der Waals surface area contributed by atoms with E-state index in [1.54, 1.807) is 0 Å². The first kappa shape index (κ1) is 16.4. The molecule has 0 saturated carbocycles. The number of benzene rings is 2. The van der Waals surface area contributed by atoms with Gasteiger partial charge in [0.05, 0.1) is 4.70 Å². The van der Waals surface area contributed by atoms with Crippen LogP contribution in [0.5, 0.6) is 0 Å². The third-order valence-electron chi connectivity index (χ3n) is 3.65. The Morgan fingerprint density at radius 3 is 2.88 bits per heavy atom. The molecule has 0 unspecified atom stereocenters. The van der Waals surface area contributed by atoms with Gasteiger partial charge < -0.3 is 16.0 Å². The van der Waals surface area contributed by atoms with Gasteiger partial charge in [-0.15, -0.1) is 0 Å². The summed E-state index contributed by atoms with van der Waals surface area (Å²) < 4.78 is 5.57. The van der Waals surface area contributed by atoms with E-state index in [1.807, 2.05) is 49.5 Å². The van der Waals surface area contributed by atoms with Crippen LogP contribution < -0.4 is 16.0 Å². The van der Waals surface area contributed by atoms with Gasteiger partial charge in [-0.05, 0) is 48.4 Å². The summed E-state index contributed by atoms with van der Waals surface area (Å²) in [7, 11) is 1.89. The van der Waals surface area contributed by atoms with E-state index < -0.39 is 0 Å². The molecule has 0 radical (unpaired) electrons. The number of nitrogens with zero attached hydrogens (tertiary/aromatic N) is 1. The average molecular weight is 340 g/mol. The molecule has 0 atom stereocenters. The van der Waals surface area contributed by atoms with Gasteiger partial charge in [0.1, 0.15) is 5.82 Å². The fourth-order valence-corrected chi connectivity index (χ4v) is 3.25. The number of carbonyl (C=O) groups is 1. The van der Waals surface area contributed by atoms with Crippen molar-refractivity contribution in [3.8, 4) is 0 Å². The molecule has 0 aliphatic carbocycles. The zero-order chi connectivity index (χ0) is 16.8. The van der Waals surface area contributed by atoms with E-state index in [0.717, 1.165) is 28.0 Å². The Labute approximate surface area is 145 Å². The Kier molecular flexibility index (Phi) is 5.40. The van der Waals surface area contributed by atoms with Crippen molar-refractivity contribution in [2.75, 3.05) is 25.5 Å². The summed E-state index contributed by atoms with van der Waals surface area (Å²) in [6, 6.07) is 15.8. The Morgan fingerprint density at radius 1 is 1.12 bits per heavy atom. The minimum atomic E-state index is -0.0575. The first-order valence-electron chi connectivity index (χ1n) is 7.88. The Hall–Kier alpha value is -2.44. The molecule has 6 heteroatoms. The molecule has 1 amide bonds. The van der Waals surface area contributed by atoms with Crippen LogP contribution in [-0.2, 0) is 6.54 Å². The zero-order valence-corrected chi connectivity index (χ0v) is 14.3. The number of aromatic nitrogens is 1. The first-order chi connectivity index (χ1) is 11.8. The fourth-order valence-electron chi connectivity index (χ4n) is 2.50. The molecule has 3 aromatic rings. The average Bonchev–Trinajstić information content (AvgIpc) is 3.02. The second-order valence-electron chi connectivity index (χ2n) is 5.44. The number of rotatable bonds is 7. The Morgan fingerprint density at radius 2 is 2.00 bits per heavy atom. The molecule has 3 N–H and O–H groups in total. The van der Waals surface area contributed by atoms with Crippen LogP contribution in [0.1, 0.15) is 15.9 Å². The summed E-state index contributed by atoms with van der Waals surface area (Å²) in [5.74, 6) is 0.818. The van der Waals surface area contributed by atoms with E-state index in [4.69, 9.17) is 0 Å². The van der Waals surface area contributed by atoms with Gasteiger partial charge in [0.2, 0.25) is 0 Å². The zero-order valence-electron chi connectivity index (χ0n) is 13.5. The van der Waals surface area contributed by atoms with Crippen molar-refractivity contribution in [2.45, 2.75) is 6.54 Å². The molecule has 1 aromatic heterocycles. The largest absolute Gasteiger partial charge is 0.367 e. The molecule has 0 spiro atoms. The van der Waals surface area contributed by atoms with Gasteiger partial charge in [0, 0.05) is 30.6 Å². The number of nitrogens with one attached hydrogen (secondary N) is 3. The van der Waals surface area contributed by atoms with Crippen molar-refractivity contribution in [3.05, 3.63) is 59.7 Å². The molecule has 0 aliphatic rings. The molecule has 5 nitrogen and oxygen atoms in total. The highest BCUT2D eigenvalue weighted by atomic mass is 32.1. The lowest BCUT2D eigenvalue weighted by atomic mass is 10.1. The molecule has 24 heavy (non-hydrogen) atoms. The number of hydrogen-bond donors (Lipinski definition) is 3. The van der Waals surface area contributed by atoms with Crippen molar-refractivity contribution in [1.82, 2.24) is 15.0 Å². The van der Waals surface area contributed by atoms with Gasteiger partial charge in [-0.2, -0.15) is 4.37 Å². The van der Waals surface area contributed by atoms with Crippen molar-refractivity contribution in [3.63, 3.8) is 0 Å². The molecule has 0 fully saturated rings. The lowest BCUT2D eigenvalue weighted by Gasteiger charge is -2.08. The molecule has 124 valence electrons. The van der Waals surface area contributed by atoms with Crippen LogP contribution in [0.4, 0.5) is 5.82 Å². The van der Waals surface area contributed by atoms with Crippen molar-refractivity contribution in [1.29, 1.82) is 0 Å². The van der Waals surface area contributed by atoms with Gasteiger partial charge in [-0.3, -0.25) is 4.79 Å². The summed E-state index contributed by atoms with van der Waals surface area (Å²) in [5.41, 5.74) is 1.78. The topological polar surface area (TPSA) is 66.1 Å². The molecule has 0 saturated heterocycles. The lowest BCUT2D eigenvalue weighted by molar-refractivity contribution is 0.0955. The maximum Gasteiger partial charge on any atom is 0.251 e. The predicted octanol–water partition coefficient (Wildman–Crippen LogP) is 2.86. The minimum absolute atomic E-state index is 0.0575. The maximum absolute atomic E-state index is 12.2. The van der Waals surface area contributed by atoms with Crippen LogP contribution in [0.2, 0.25) is 0 Å². The Bertz CT molecular complexity index is 831. The smallest absolute Gasteiger partial charge is 0.251 e. The van der Waals surface area contributed by atoms with Crippen LogP contribution in [0.15, 0.2) is 48.5 Å². The minimum Gasteiger partial charge on any atom is -0.367 e. The number of hydrogen-bond acceptors (Lipinski definition) is 5. The standard InChI is InChI=1S/C18H20N4OS/c1-19-12-13-5-4-6-14(11-13)18(23)21-10-9-20-17-15-7-2-3-8-16(15)24-22-17/h2-8,11,19H,9-10,12H2,1H3,(H,20,22)(H,21,23). The summed E-state index contributed by atoms with van der Waals surface area (Å²) >= 11 is 1.48. The van der Waals surface area contributed by atoms with E-state index in [2.05, 4.69) is 26.4 Å². The SMILES string of the molecule is CNCc1cccc(C(=O)NCCNc2nsc3ccccc23)c1. The molecular formula is C18H20N4OS. The second-order valence-corrected chi connectivity index (χ2v) is 6.25. The summed E-state index contributed by atoms with van der Waals surface area (Å²) in [5, 5.41) is 10.4. The van der Waals surface area contributed by atoms with Gasteiger partial charge in [-0.1, -0.05) is 24.3 Å². The van der Waals surface area contributed by atoms with Gasteiger partial charge in [0.25, 0.3) is 5.91 Å². The number of anilines is 1. The fraction of sp³-hybridized carbons (Fsp3) is 0.222. The highest BCUT2D eigenvalue weighted by Crippen LogP contribution is 2.25. The molecular weight excluding hydrogens is 320 g/mol. The number of fused-ring (bicyclic) bond motifs is 1. The van der Waals surface area contributed by atoms with E-state index in [1.165, 1.54) is 11.5 Å². The molecule has 0 aliphatic heterocycles. The monoisotopic (exact) mass is 340 g/mol. The van der Waals surface area contributed by atoms with E-state index >= 15 is 0 Å². The predicted molar refractivity (Wildman–Crippen MR) is 99.6 cm³/mol. The van der Waals surface area contributed by atoms with E-state index in [0.29, 0.717) is 18.7 Å². The van der Waals surface area contributed by atoms with Gasteiger partial charge in [-0.25, -0.2) is 0 Å². The maximum atomic E-state index is 12.2. The van der Waals surface area contributed by atoms with Crippen LogP contribution in [0.25, 0.3) is 10.1 Å². The first-order valence-corrected chi connectivity index (χ1v) is 8.65. The third kappa shape index (κ3) is 3.90. The summed E-state index contributed by atoms with van der Waals surface area (Å²) in [6.45, 7) is 1.93. The molecule has 2 aromatic carbocycles. The third-order valence-corrected chi connectivity index (χ3v) is 4.48. The van der Waals surface area contributed by atoms with Crippen molar-refractivity contribution >= 4 is 33.3 Å². The quantitative estimate of drug-likeness (QED) is 0.579. The van der Waals surface area contributed by atoms with Crippen LogP contribution in [-0.4, -0.2) is 30.4 Å². The Balaban J connectivity index is 1.51. The van der Waals surface area contributed by atoms with Crippen LogP contribution in [0.3, 0.4) is 0 Å². The molecule has 3 rings (SSSR count). The van der Waals surface area contributed by atoms with E-state index in [-0.39, 0.29) is 5.91 Å². The summed E-state index contributed by atoms with van der Waals surface area (Å²) in [6.07, 6.45) is 0. The molecule has 0 bridgehead atoms. The summed E-state index contributed by atoms with van der Waals surface area (Å²) in [4.78, 5) is 12.2. The number of carbonyl (C=O) groups excluding carboxylic acids is 1. The van der Waals surface area contributed by atoms with Gasteiger partial charge >= 0.3 is 0 Å². The highest BCUT2D eigenvalue weighted by Gasteiger charge is 2.07. The van der Waals surface area contributed by atoms with Crippen LogP contribution >= 0.6 is 11.5 Å².